The van der Waals surface area contributed by atoms with Gasteiger partial charge in [0.1, 0.15) is 0 Å². The van der Waals surface area contributed by atoms with Gasteiger partial charge < -0.3 is 5.32 Å². The summed E-state index contributed by atoms with van der Waals surface area (Å²) in [5, 5.41) is 4.41. The molecule has 2 aromatic rings. The second kappa shape index (κ2) is 7.41. The topological polar surface area (TPSA) is 24.9 Å². The summed E-state index contributed by atoms with van der Waals surface area (Å²) < 4.78 is 0. The third kappa shape index (κ3) is 3.59. The monoisotopic (exact) mass is 288 g/mol. The van der Waals surface area contributed by atoms with Crippen molar-refractivity contribution in [3.63, 3.8) is 0 Å². The van der Waals surface area contributed by atoms with Crippen molar-refractivity contribution < 1.29 is 0 Å². The standard InChI is InChI=1S/C17H21ClN2/c1-3-11-20-17(14-8-4-5-9-15(14)18)13(2)16-10-6-7-12-19-16/h4-10,12-13,17,20H,3,11H2,1-2H3. The van der Waals surface area contributed by atoms with Crippen molar-refractivity contribution in [3.05, 3.63) is 64.9 Å². The highest BCUT2D eigenvalue weighted by molar-refractivity contribution is 6.31. The van der Waals surface area contributed by atoms with Gasteiger partial charge >= 0.3 is 0 Å². The van der Waals surface area contributed by atoms with Crippen LogP contribution in [0.25, 0.3) is 0 Å². The number of nitrogens with zero attached hydrogens (tertiary/aromatic N) is 1. The molecule has 0 aliphatic carbocycles. The minimum Gasteiger partial charge on any atom is -0.309 e. The van der Waals surface area contributed by atoms with E-state index in [4.69, 9.17) is 11.6 Å². The number of halogens is 1. The average Bonchev–Trinajstić information content (AvgIpc) is 2.50. The van der Waals surface area contributed by atoms with Gasteiger partial charge in [0.15, 0.2) is 0 Å². The molecule has 2 atom stereocenters. The third-order valence-electron chi connectivity index (χ3n) is 3.51. The summed E-state index contributed by atoms with van der Waals surface area (Å²) in [6.07, 6.45) is 2.94. The fourth-order valence-corrected chi connectivity index (χ4v) is 2.65. The van der Waals surface area contributed by atoms with Gasteiger partial charge in [0.2, 0.25) is 0 Å². The fourth-order valence-electron chi connectivity index (χ4n) is 2.40. The molecule has 3 heteroatoms. The molecule has 1 aromatic heterocycles. The predicted molar refractivity (Wildman–Crippen MR) is 85.1 cm³/mol. The number of aromatic nitrogens is 1. The molecule has 0 bridgehead atoms. The molecular formula is C17H21ClN2. The highest BCUT2D eigenvalue weighted by Crippen LogP contribution is 2.33. The van der Waals surface area contributed by atoms with Gasteiger partial charge in [-0.15, -0.1) is 0 Å². The van der Waals surface area contributed by atoms with Crippen LogP contribution in [0.5, 0.6) is 0 Å². The Morgan fingerprint density at radius 2 is 1.90 bits per heavy atom. The molecule has 20 heavy (non-hydrogen) atoms. The first-order chi connectivity index (χ1) is 9.74. The van der Waals surface area contributed by atoms with Gasteiger partial charge in [0.25, 0.3) is 0 Å². The van der Waals surface area contributed by atoms with Crippen molar-refractivity contribution in [2.75, 3.05) is 6.54 Å². The Balaban J connectivity index is 2.30. The van der Waals surface area contributed by atoms with E-state index in [1.807, 2.05) is 36.5 Å². The van der Waals surface area contributed by atoms with E-state index in [1.165, 1.54) is 0 Å². The normalized spacial score (nSPS) is 13.9. The van der Waals surface area contributed by atoms with Crippen molar-refractivity contribution >= 4 is 11.6 Å². The first kappa shape index (κ1) is 15.0. The second-order valence-electron chi connectivity index (χ2n) is 5.00. The van der Waals surface area contributed by atoms with Crippen LogP contribution in [0.4, 0.5) is 0 Å². The van der Waals surface area contributed by atoms with Crippen molar-refractivity contribution in [3.8, 4) is 0 Å². The lowest BCUT2D eigenvalue weighted by molar-refractivity contribution is 0.460. The highest BCUT2D eigenvalue weighted by atomic mass is 35.5. The maximum atomic E-state index is 6.37. The van der Waals surface area contributed by atoms with Crippen molar-refractivity contribution in [1.29, 1.82) is 0 Å². The molecule has 1 N–H and O–H groups in total. The molecule has 2 nitrogen and oxygen atoms in total. The van der Waals surface area contributed by atoms with Crippen LogP contribution in [0.1, 0.15) is 43.5 Å². The summed E-state index contributed by atoms with van der Waals surface area (Å²) in [6, 6.07) is 14.3. The molecule has 106 valence electrons. The van der Waals surface area contributed by atoms with Crippen LogP contribution in [0.15, 0.2) is 48.7 Å². The molecule has 0 amide bonds. The van der Waals surface area contributed by atoms with Gasteiger partial charge in [-0.25, -0.2) is 0 Å². The second-order valence-corrected chi connectivity index (χ2v) is 5.40. The summed E-state index contributed by atoms with van der Waals surface area (Å²) in [5.74, 6) is 0.266. The lowest BCUT2D eigenvalue weighted by atomic mass is 9.91. The number of hydrogen-bond acceptors (Lipinski definition) is 2. The Morgan fingerprint density at radius 3 is 2.55 bits per heavy atom. The zero-order valence-electron chi connectivity index (χ0n) is 12.0. The lowest BCUT2D eigenvalue weighted by Gasteiger charge is -2.26. The molecule has 0 radical (unpaired) electrons. The Bertz CT molecular complexity index is 528. The zero-order valence-corrected chi connectivity index (χ0v) is 12.8. The molecule has 1 heterocycles. The molecule has 0 aliphatic heterocycles. The Labute approximate surface area is 126 Å². The molecule has 1 aromatic carbocycles. The first-order valence-electron chi connectivity index (χ1n) is 7.12. The smallest absolute Gasteiger partial charge is 0.0454 e. The Morgan fingerprint density at radius 1 is 1.15 bits per heavy atom. The molecule has 0 saturated carbocycles. The average molecular weight is 289 g/mol. The van der Waals surface area contributed by atoms with Crippen LogP contribution >= 0.6 is 11.6 Å². The molecular weight excluding hydrogens is 268 g/mol. The lowest BCUT2D eigenvalue weighted by Crippen LogP contribution is -2.27. The molecule has 0 aliphatic rings. The van der Waals surface area contributed by atoms with Gasteiger partial charge in [0.05, 0.1) is 0 Å². The van der Waals surface area contributed by atoms with Crippen molar-refractivity contribution in [1.82, 2.24) is 10.3 Å². The third-order valence-corrected chi connectivity index (χ3v) is 3.85. The first-order valence-corrected chi connectivity index (χ1v) is 7.50. The minimum absolute atomic E-state index is 0.179. The molecule has 0 fully saturated rings. The SMILES string of the molecule is CCCNC(c1ccccc1Cl)C(C)c1ccccn1. The number of nitrogens with one attached hydrogen (secondary N) is 1. The van der Waals surface area contributed by atoms with Crippen LogP contribution in [-0.4, -0.2) is 11.5 Å². The minimum atomic E-state index is 0.179. The van der Waals surface area contributed by atoms with E-state index in [0.29, 0.717) is 0 Å². The van der Waals surface area contributed by atoms with Gasteiger partial charge in [-0.1, -0.05) is 49.7 Å². The number of rotatable bonds is 6. The Kier molecular flexibility index (Phi) is 5.57. The van der Waals surface area contributed by atoms with Crippen LogP contribution in [0.2, 0.25) is 5.02 Å². The van der Waals surface area contributed by atoms with Crippen LogP contribution < -0.4 is 5.32 Å². The van der Waals surface area contributed by atoms with Crippen LogP contribution in [0.3, 0.4) is 0 Å². The van der Waals surface area contributed by atoms with Gasteiger partial charge in [-0.3, -0.25) is 4.98 Å². The van der Waals surface area contributed by atoms with Crippen LogP contribution in [-0.2, 0) is 0 Å². The molecule has 0 spiro atoms. The maximum Gasteiger partial charge on any atom is 0.0454 e. The van der Waals surface area contributed by atoms with E-state index < -0.39 is 0 Å². The number of benzene rings is 1. The van der Waals surface area contributed by atoms with E-state index in [2.05, 4.69) is 36.3 Å². The summed E-state index contributed by atoms with van der Waals surface area (Å²) in [7, 11) is 0. The number of hydrogen-bond donors (Lipinski definition) is 1. The Hall–Kier alpha value is -1.38. The summed E-state index contributed by atoms with van der Waals surface area (Å²) >= 11 is 6.37. The van der Waals surface area contributed by atoms with Gasteiger partial charge in [-0.2, -0.15) is 0 Å². The fraction of sp³-hybridized carbons (Fsp3) is 0.353. The zero-order chi connectivity index (χ0) is 14.4. The summed E-state index contributed by atoms with van der Waals surface area (Å²) in [4.78, 5) is 4.48. The van der Waals surface area contributed by atoms with Crippen molar-refractivity contribution in [2.24, 2.45) is 0 Å². The largest absolute Gasteiger partial charge is 0.309 e. The molecule has 2 unspecified atom stereocenters. The summed E-state index contributed by atoms with van der Waals surface area (Å²) in [5.41, 5.74) is 2.22. The predicted octanol–water partition coefficient (Wildman–Crippen LogP) is 4.58. The van der Waals surface area contributed by atoms with Gasteiger partial charge in [-0.05, 0) is 36.7 Å². The maximum absolute atomic E-state index is 6.37. The van der Waals surface area contributed by atoms with Gasteiger partial charge in [0, 0.05) is 28.9 Å². The van der Waals surface area contributed by atoms with E-state index in [9.17, 15) is 0 Å². The molecule has 0 saturated heterocycles. The van der Waals surface area contributed by atoms with Crippen molar-refractivity contribution in [2.45, 2.75) is 32.2 Å². The number of pyridine rings is 1. The van der Waals surface area contributed by atoms with Crippen LogP contribution in [0, 0.1) is 0 Å². The van der Waals surface area contributed by atoms with E-state index >= 15 is 0 Å². The van der Waals surface area contributed by atoms with E-state index in [0.717, 1.165) is 29.2 Å². The quantitative estimate of drug-likeness (QED) is 0.841. The molecule has 2 rings (SSSR count). The summed E-state index contributed by atoms with van der Waals surface area (Å²) in [6.45, 7) is 5.33. The van der Waals surface area contributed by atoms with E-state index in [1.54, 1.807) is 0 Å². The highest BCUT2D eigenvalue weighted by Gasteiger charge is 2.22. The van der Waals surface area contributed by atoms with E-state index in [-0.39, 0.29) is 12.0 Å².